The number of amidine groups is 1. The zero-order valence-electron chi connectivity index (χ0n) is 12.5. The third-order valence-electron chi connectivity index (χ3n) is 3.97. The minimum atomic E-state index is 0.165. The maximum absolute atomic E-state index is 8.79. The van der Waals surface area contributed by atoms with E-state index >= 15 is 0 Å². The number of anilines is 1. The molecule has 1 heterocycles. The Kier molecular flexibility index (Phi) is 4.49. The fraction of sp³-hybridized carbons (Fsp3) is 0.533. The number of rotatable bonds is 2. The highest BCUT2D eigenvalue weighted by atomic mass is 16.4. The van der Waals surface area contributed by atoms with Gasteiger partial charge in [-0.3, -0.25) is 0 Å². The van der Waals surface area contributed by atoms with Crippen molar-refractivity contribution in [3.8, 4) is 0 Å². The number of nitrogens with two attached hydrogens (primary N) is 1. The van der Waals surface area contributed by atoms with Crippen LogP contribution in [0, 0.1) is 6.92 Å². The van der Waals surface area contributed by atoms with Gasteiger partial charge in [0.2, 0.25) is 0 Å². The van der Waals surface area contributed by atoms with Gasteiger partial charge in [0.25, 0.3) is 0 Å². The fourth-order valence-corrected chi connectivity index (χ4v) is 2.92. The van der Waals surface area contributed by atoms with E-state index in [4.69, 9.17) is 10.9 Å². The molecule has 0 saturated carbocycles. The summed E-state index contributed by atoms with van der Waals surface area (Å²) >= 11 is 0. The quantitative estimate of drug-likeness (QED) is 0.373. The van der Waals surface area contributed by atoms with Crippen LogP contribution in [0.3, 0.4) is 0 Å². The maximum atomic E-state index is 8.79. The lowest BCUT2D eigenvalue weighted by Gasteiger charge is -2.30. The van der Waals surface area contributed by atoms with Crippen LogP contribution in [-0.4, -0.2) is 48.7 Å². The van der Waals surface area contributed by atoms with Gasteiger partial charge in [-0.1, -0.05) is 5.16 Å². The van der Waals surface area contributed by atoms with E-state index in [1.807, 2.05) is 13.0 Å². The Morgan fingerprint density at radius 1 is 1.40 bits per heavy atom. The molecule has 0 spiro atoms. The van der Waals surface area contributed by atoms with Gasteiger partial charge in [0, 0.05) is 30.4 Å². The lowest BCUT2D eigenvalue weighted by Crippen LogP contribution is -2.38. The maximum Gasteiger partial charge on any atom is 0.170 e. The first kappa shape index (κ1) is 14.7. The molecule has 1 unspecified atom stereocenters. The first-order valence-corrected chi connectivity index (χ1v) is 7.06. The molecule has 0 amide bonds. The van der Waals surface area contributed by atoms with Gasteiger partial charge < -0.3 is 20.7 Å². The van der Waals surface area contributed by atoms with Crippen molar-refractivity contribution in [3.63, 3.8) is 0 Å². The molecule has 5 heteroatoms. The van der Waals surface area contributed by atoms with Crippen LogP contribution in [0.2, 0.25) is 0 Å². The highest BCUT2D eigenvalue weighted by Crippen LogP contribution is 2.23. The molecule has 2 rings (SSSR count). The zero-order valence-corrected chi connectivity index (χ0v) is 12.5. The van der Waals surface area contributed by atoms with Crippen molar-refractivity contribution >= 4 is 11.5 Å². The van der Waals surface area contributed by atoms with Crippen molar-refractivity contribution in [3.05, 3.63) is 29.3 Å². The summed E-state index contributed by atoms with van der Waals surface area (Å²) in [5.74, 6) is 0.165. The van der Waals surface area contributed by atoms with Crippen molar-refractivity contribution in [2.75, 3.05) is 31.6 Å². The van der Waals surface area contributed by atoms with Crippen LogP contribution in [-0.2, 0) is 0 Å². The van der Waals surface area contributed by atoms with E-state index in [0.29, 0.717) is 6.04 Å². The first-order chi connectivity index (χ1) is 9.52. The fourth-order valence-electron chi connectivity index (χ4n) is 2.92. The highest BCUT2D eigenvalue weighted by molar-refractivity contribution is 5.98. The molecule has 5 nitrogen and oxygen atoms in total. The van der Waals surface area contributed by atoms with E-state index < -0.39 is 0 Å². The van der Waals surface area contributed by atoms with Gasteiger partial charge in [-0.05, 0) is 57.6 Å². The van der Waals surface area contributed by atoms with Crippen LogP contribution in [0.15, 0.2) is 23.4 Å². The van der Waals surface area contributed by atoms with Crippen molar-refractivity contribution in [1.82, 2.24) is 4.90 Å². The lowest BCUT2D eigenvalue weighted by atomic mass is 10.1. The molecule has 0 radical (unpaired) electrons. The van der Waals surface area contributed by atoms with Gasteiger partial charge >= 0.3 is 0 Å². The zero-order chi connectivity index (χ0) is 14.7. The minimum absolute atomic E-state index is 0.165. The summed E-state index contributed by atoms with van der Waals surface area (Å²) in [5.41, 5.74) is 8.70. The highest BCUT2D eigenvalue weighted by Gasteiger charge is 2.20. The smallest absolute Gasteiger partial charge is 0.170 e. The number of nitrogens with zero attached hydrogens (tertiary/aromatic N) is 3. The summed E-state index contributed by atoms with van der Waals surface area (Å²) in [6.45, 7) is 7.52. The molecule has 1 atom stereocenters. The average molecular weight is 276 g/mol. The number of benzene rings is 1. The third-order valence-corrected chi connectivity index (χ3v) is 3.97. The molecule has 1 aliphatic rings. The summed E-state index contributed by atoms with van der Waals surface area (Å²) in [5, 5.41) is 11.9. The van der Waals surface area contributed by atoms with E-state index in [1.54, 1.807) is 0 Å². The van der Waals surface area contributed by atoms with Gasteiger partial charge in [0.15, 0.2) is 5.84 Å². The summed E-state index contributed by atoms with van der Waals surface area (Å²) in [6.07, 6.45) is 1.17. The van der Waals surface area contributed by atoms with Crippen molar-refractivity contribution < 1.29 is 5.21 Å². The molecule has 1 fully saturated rings. The Labute approximate surface area is 120 Å². The molecule has 0 aromatic heterocycles. The molecule has 0 bridgehead atoms. The van der Waals surface area contributed by atoms with Crippen LogP contribution in [0.25, 0.3) is 0 Å². The summed E-state index contributed by atoms with van der Waals surface area (Å²) < 4.78 is 0. The van der Waals surface area contributed by atoms with Gasteiger partial charge in [-0.25, -0.2) is 0 Å². The van der Waals surface area contributed by atoms with Crippen LogP contribution in [0.1, 0.15) is 24.5 Å². The first-order valence-electron chi connectivity index (χ1n) is 7.06. The van der Waals surface area contributed by atoms with E-state index in [0.717, 1.165) is 30.8 Å². The van der Waals surface area contributed by atoms with Gasteiger partial charge in [0.1, 0.15) is 0 Å². The Balaban J connectivity index is 2.26. The topological polar surface area (TPSA) is 65.1 Å². The largest absolute Gasteiger partial charge is 0.409 e. The Bertz CT molecular complexity index is 501. The second kappa shape index (κ2) is 6.13. The molecular weight excluding hydrogens is 252 g/mol. The Hall–Kier alpha value is -1.75. The molecule has 1 aromatic carbocycles. The van der Waals surface area contributed by atoms with Gasteiger partial charge in [-0.15, -0.1) is 0 Å². The summed E-state index contributed by atoms with van der Waals surface area (Å²) in [4.78, 5) is 4.81. The number of likely N-dealkylation sites (N-methyl/N-ethyl adjacent to an activating group) is 1. The number of aryl methyl sites for hydroxylation is 1. The molecule has 1 saturated heterocycles. The van der Waals surface area contributed by atoms with Crippen molar-refractivity contribution in [2.45, 2.75) is 26.3 Å². The lowest BCUT2D eigenvalue weighted by molar-refractivity contribution is 0.318. The normalized spacial score (nSPS) is 21.9. The second-order valence-corrected chi connectivity index (χ2v) is 5.64. The molecule has 110 valence electrons. The molecule has 0 aliphatic carbocycles. The summed E-state index contributed by atoms with van der Waals surface area (Å²) in [7, 11) is 2.17. The van der Waals surface area contributed by atoms with Gasteiger partial charge in [0.05, 0.1) is 0 Å². The molecule has 20 heavy (non-hydrogen) atoms. The Morgan fingerprint density at radius 2 is 2.15 bits per heavy atom. The van der Waals surface area contributed by atoms with E-state index in [-0.39, 0.29) is 5.84 Å². The average Bonchev–Trinajstić information content (AvgIpc) is 2.58. The van der Waals surface area contributed by atoms with Gasteiger partial charge in [-0.2, -0.15) is 0 Å². The predicted octanol–water partition coefficient (Wildman–Crippen LogP) is 1.62. The van der Waals surface area contributed by atoms with Crippen molar-refractivity contribution in [2.24, 2.45) is 10.9 Å². The van der Waals surface area contributed by atoms with E-state index in [1.165, 1.54) is 12.1 Å². The van der Waals surface area contributed by atoms with E-state index in [9.17, 15) is 0 Å². The monoisotopic (exact) mass is 276 g/mol. The SMILES string of the molecule is Cc1cc(N2CCCN(C)CC2C)ccc1/C(N)=N/O. The molecule has 3 N–H and O–H groups in total. The third kappa shape index (κ3) is 3.04. The van der Waals surface area contributed by atoms with Crippen LogP contribution >= 0.6 is 0 Å². The second-order valence-electron chi connectivity index (χ2n) is 5.64. The standard InChI is InChI=1S/C15H24N4O/c1-11-9-13(5-6-14(11)15(16)17-20)19-8-4-7-18(3)10-12(19)2/h5-6,9,12,20H,4,7-8,10H2,1-3H3,(H2,16,17). The van der Waals surface area contributed by atoms with Crippen molar-refractivity contribution in [1.29, 1.82) is 0 Å². The molecular formula is C15H24N4O. The number of hydrogen-bond acceptors (Lipinski definition) is 4. The summed E-state index contributed by atoms with van der Waals surface area (Å²) in [6, 6.07) is 6.59. The van der Waals surface area contributed by atoms with E-state index in [2.05, 4.69) is 41.1 Å². The van der Waals surface area contributed by atoms with Crippen LogP contribution in [0.5, 0.6) is 0 Å². The van der Waals surface area contributed by atoms with Crippen LogP contribution in [0.4, 0.5) is 5.69 Å². The van der Waals surface area contributed by atoms with Crippen LogP contribution < -0.4 is 10.6 Å². The Morgan fingerprint density at radius 3 is 2.80 bits per heavy atom. The number of oxime groups is 1. The molecule has 1 aromatic rings. The molecule has 1 aliphatic heterocycles. The minimum Gasteiger partial charge on any atom is -0.409 e. The predicted molar refractivity (Wildman–Crippen MR) is 82.6 cm³/mol. The number of hydrogen-bond donors (Lipinski definition) is 2.